The van der Waals surface area contributed by atoms with Crippen molar-refractivity contribution in [2.24, 2.45) is 5.73 Å². The van der Waals surface area contributed by atoms with Crippen LogP contribution in [0, 0.1) is 0 Å². The number of ether oxygens (including phenoxy) is 1. The molecule has 0 aromatic carbocycles. The lowest BCUT2D eigenvalue weighted by molar-refractivity contribution is -0.146. The maximum atomic E-state index is 11.5. The molecule has 1 aromatic rings. The highest BCUT2D eigenvalue weighted by atomic mass is 35.5. The Hall–Kier alpha value is -1.73. The molecule has 0 spiro atoms. The summed E-state index contributed by atoms with van der Waals surface area (Å²) in [5.74, 6) is -1.37. The Balaban J connectivity index is 2.59. The van der Waals surface area contributed by atoms with Crippen LogP contribution in [-0.2, 0) is 14.3 Å². The van der Waals surface area contributed by atoms with Crippen LogP contribution in [0.5, 0.6) is 0 Å². The third kappa shape index (κ3) is 3.97. The van der Waals surface area contributed by atoms with Crippen LogP contribution >= 0.6 is 11.6 Å². The van der Waals surface area contributed by atoms with Crippen LogP contribution in [0.4, 0.5) is 5.82 Å². The number of carbonyl (C=O) groups is 2. The summed E-state index contributed by atoms with van der Waals surface area (Å²) in [6.07, 6.45) is 0. The number of anilines is 1. The van der Waals surface area contributed by atoms with Crippen molar-refractivity contribution in [3.8, 4) is 0 Å². The summed E-state index contributed by atoms with van der Waals surface area (Å²) in [6, 6.07) is 1.48. The van der Waals surface area contributed by atoms with Crippen LogP contribution in [0.1, 0.15) is 6.92 Å². The second-order valence-corrected chi connectivity index (χ2v) is 3.35. The van der Waals surface area contributed by atoms with Gasteiger partial charge in [0.1, 0.15) is 0 Å². The number of hydrogen-bond acceptors (Lipinski definition) is 6. The van der Waals surface area contributed by atoms with Crippen molar-refractivity contribution in [2.45, 2.75) is 13.0 Å². The van der Waals surface area contributed by atoms with E-state index in [-0.39, 0.29) is 17.6 Å². The summed E-state index contributed by atoms with van der Waals surface area (Å²) in [4.78, 5) is 22.6. The zero-order valence-electron chi connectivity index (χ0n) is 9.01. The van der Waals surface area contributed by atoms with Gasteiger partial charge in [-0.05, 0) is 19.1 Å². The molecule has 1 aromatic heterocycles. The Labute approximate surface area is 102 Å². The van der Waals surface area contributed by atoms with Gasteiger partial charge >= 0.3 is 5.97 Å². The molecule has 1 unspecified atom stereocenters. The molecule has 0 aliphatic heterocycles. The normalized spacial score (nSPS) is 11.7. The average molecular weight is 259 g/mol. The molecular weight excluding hydrogens is 248 g/mol. The van der Waals surface area contributed by atoms with Crippen molar-refractivity contribution >= 4 is 29.3 Å². The van der Waals surface area contributed by atoms with Crippen LogP contribution in [0.2, 0.25) is 5.15 Å². The highest BCUT2D eigenvalue weighted by Gasteiger charge is 2.23. The van der Waals surface area contributed by atoms with Crippen molar-refractivity contribution in [2.75, 3.05) is 11.9 Å². The zero-order valence-corrected chi connectivity index (χ0v) is 9.77. The van der Waals surface area contributed by atoms with Crippen molar-refractivity contribution in [3.63, 3.8) is 0 Å². The maximum absolute atomic E-state index is 11.5. The van der Waals surface area contributed by atoms with E-state index >= 15 is 0 Å². The van der Waals surface area contributed by atoms with Gasteiger partial charge in [-0.1, -0.05) is 11.6 Å². The van der Waals surface area contributed by atoms with Gasteiger partial charge in [0, 0.05) is 0 Å². The summed E-state index contributed by atoms with van der Waals surface area (Å²) in [6.45, 7) is 1.77. The number of nitrogens with zero attached hydrogens (tertiary/aromatic N) is 2. The molecule has 92 valence electrons. The van der Waals surface area contributed by atoms with Gasteiger partial charge in [-0.15, -0.1) is 10.2 Å². The van der Waals surface area contributed by atoms with Gasteiger partial charge in [-0.25, -0.2) is 4.79 Å². The molecule has 0 saturated heterocycles. The second-order valence-electron chi connectivity index (χ2n) is 2.96. The number of aromatic nitrogens is 2. The lowest BCUT2D eigenvalue weighted by Crippen LogP contribution is -2.43. The monoisotopic (exact) mass is 258 g/mol. The zero-order chi connectivity index (χ0) is 12.8. The molecule has 0 saturated carbocycles. The lowest BCUT2D eigenvalue weighted by atomic mass is 10.3. The predicted octanol–water partition coefficient (Wildman–Crippen LogP) is -0.0411. The molecule has 8 heteroatoms. The number of nitrogens with one attached hydrogen (secondary N) is 1. The topological polar surface area (TPSA) is 107 Å². The van der Waals surface area contributed by atoms with E-state index in [2.05, 4.69) is 20.3 Å². The largest absolute Gasteiger partial charge is 0.464 e. The molecule has 1 atom stereocenters. The Morgan fingerprint density at radius 3 is 2.76 bits per heavy atom. The molecule has 0 bridgehead atoms. The van der Waals surface area contributed by atoms with Gasteiger partial charge in [-0.3, -0.25) is 4.79 Å². The van der Waals surface area contributed by atoms with E-state index in [0.717, 1.165) is 0 Å². The third-order valence-corrected chi connectivity index (χ3v) is 1.91. The van der Waals surface area contributed by atoms with Gasteiger partial charge < -0.3 is 15.8 Å². The van der Waals surface area contributed by atoms with Crippen molar-refractivity contribution in [1.82, 2.24) is 10.2 Å². The molecule has 1 amide bonds. The van der Waals surface area contributed by atoms with E-state index in [1.807, 2.05) is 0 Å². The molecule has 0 aliphatic rings. The molecule has 0 fully saturated rings. The van der Waals surface area contributed by atoms with Gasteiger partial charge in [0.15, 0.2) is 17.0 Å². The van der Waals surface area contributed by atoms with Gasteiger partial charge in [0.2, 0.25) is 0 Å². The fraction of sp³-hybridized carbons (Fsp3) is 0.333. The standard InChI is InChI=1S/C9H11ClN4O3/c1-2-17-9(16)7(11)8(15)12-6-4-3-5(10)13-14-6/h3-4,7H,2,11H2,1H3,(H,12,14,15). The Morgan fingerprint density at radius 2 is 2.24 bits per heavy atom. The number of amides is 1. The minimum absolute atomic E-state index is 0.152. The molecule has 0 aliphatic carbocycles. The Morgan fingerprint density at radius 1 is 1.53 bits per heavy atom. The molecule has 1 heterocycles. The predicted molar refractivity (Wildman–Crippen MR) is 60.3 cm³/mol. The van der Waals surface area contributed by atoms with Crippen LogP contribution in [0.25, 0.3) is 0 Å². The fourth-order valence-electron chi connectivity index (χ4n) is 0.926. The second kappa shape index (κ2) is 6.12. The number of hydrogen-bond donors (Lipinski definition) is 2. The van der Waals surface area contributed by atoms with E-state index in [4.69, 9.17) is 17.3 Å². The quantitative estimate of drug-likeness (QED) is 0.580. The van der Waals surface area contributed by atoms with Crippen molar-refractivity contribution < 1.29 is 14.3 Å². The molecule has 0 radical (unpaired) electrons. The van der Waals surface area contributed by atoms with Gasteiger partial charge in [0.25, 0.3) is 5.91 Å². The molecule has 3 N–H and O–H groups in total. The summed E-state index contributed by atoms with van der Waals surface area (Å²) in [7, 11) is 0. The molecule has 7 nitrogen and oxygen atoms in total. The summed E-state index contributed by atoms with van der Waals surface area (Å²) in [5.41, 5.74) is 5.36. The van der Waals surface area contributed by atoms with Crippen LogP contribution < -0.4 is 11.1 Å². The van der Waals surface area contributed by atoms with Crippen LogP contribution in [-0.4, -0.2) is 34.7 Å². The number of rotatable bonds is 4. The van der Waals surface area contributed by atoms with Crippen molar-refractivity contribution in [1.29, 1.82) is 0 Å². The first kappa shape index (κ1) is 13.3. The minimum Gasteiger partial charge on any atom is -0.464 e. The fourth-order valence-corrected chi connectivity index (χ4v) is 1.03. The summed E-state index contributed by atoms with van der Waals surface area (Å²) in [5, 5.41) is 9.60. The highest BCUT2D eigenvalue weighted by molar-refractivity contribution is 6.29. The molecular formula is C9H11ClN4O3. The Bertz CT molecular complexity index is 409. The smallest absolute Gasteiger partial charge is 0.332 e. The number of halogens is 1. The number of carbonyl (C=O) groups excluding carboxylic acids is 2. The van der Waals surface area contributed by atoms with E-state index in [9.17, 15) is 9.59 Å². The number of nitrogens with two attached hydrogens (primary N) is 1. The van der Waals surface area contributed by atoms with Gasteiger partial charge in [-0.2, -0.15) is 0 Å². The molecule has 17 heavy (non-hydrogen) atoms. The SMILES string of the molecule is CCOC(=O)C(N)C(=O)Nc1ccc(Cl)nn1. The first-order chi connectivity index (χ1) is 8.04. The maximum Gasteiger partial charge on any atom is 0.332 e. The molecule has 1 rings (SSSR count). The Kier molecular flexibility index (Phi) is 4.80. The third-order valence-electron chi connectivity index (χ3n) is 1.71. The van der Waals surface area contributed by atoms with Gasteiger partial charge in [0.05, 0.1) is 6.61 Å². The first-order valence-electron chi connectivity index (χ1n) is 4.77. The van der Waals surface area contributed by atoms with Crippen molar-refractivity contribution in [3.05, 3.63) is 17.3 Å². The summed E-state index contributed by atoms with van der Waals surface area (Å²) < 4.78 is 4.60. The van der Waals surface area contributed by atoms with E-state index < -0.39 is 17.9 Å². The summed E-state index contributed by atoms with van der Waals surface area (Å²) >= 11 is 5.52. The highest BCUT2D eigenvalue weighted by Crippen LogP contribution is 2.06. The van der Waals surface area contributed by atoms with Crippen LogP contribution in [0.3, 0.4) is 0 Å². The van der Waals surface area contributed by atoms with Crippen LogP contribution in [0.15, 0.2) is 12.1 Å². The number of esters is 1. The van der Waals surface area contributed by atoms with E-state index in [1.165, 1.54) is 12.1 Å². The van der Waals surface area contributed by atoms with E-state index in [0.29, 0.717) is 0 Å². The average Bonchev–Trinajstić information content (AvgIpc) is 2.31. The lowest BCUT2D eigenvalue weighted by Gasteiger charge is -2.10. The van der Waals surface area contributed by atoms with E-state index in [1.54, 1.807) is 6.92 Å². The first-order valence-corrected chi connectivity index (χ1v) is 5.14. The minimum atomic E-state index is -1.40.